The Morgan fingerprint density at radius 3 is 2.78 bits per heavy atom. The van der Waals surface area contributed by atoms with Crippen LogP contribution in [0.5, 0.6) is 5.75 Å². The Morgan fingerprint density at radius 2 is 2.13 bits per heavy atom. The standard InChI is InChI=1S/C14H12FN3O5/c1-2-7-17-13(19)6-4-10(16-17)14(20)23-12-8-9(15)3-5-11(12)18(21)22/h3-6,8H,2,7H2,1H3. The molecule has 0 radical (unpaired) electrons. The average Bonchev–Trinajstić information content (AvgIpc) is 2.49. The summed E-state index contributed by atoms with van der Waals surface area (Å²) < 4.78 is 19.1. The van der Waals surface area contributed by atoms with E-state index in [0.29, 0.717) is 13.0 Å². The lowest BCUT2D eigenvalue weighted by Crippen LogP contribution is -2.25. The Morgan fingerprint density at radius 1 is 1.39 bits per heavy atom. The van der Waals surface area contributed by atoms with E-state index in [9.17, 15) is 24.1 Å². The molecular weight excluding hydrogens is 309 g/mol. The highest BCUT2D eigenvalue weighted by Gasteiger charge is 2.21. The third-order valence-corrected chi connectivity index (χ3v) is 2.83. The molecule has 9 heteroatoms. The predicted molar refractivity (Wildman–Crippen MR) is 76.8 cm³/mol. The van der Waals surface area contributed by atoms with Crippen LogP contribution in [0.3, 0.4) is 0 Å². The number of nitrogens with zero attached hydrogens (tertiary/aromatic N) is 3. The summed E-state index contributed by atoms with van der Waals surface area (Å²) in [6, 6.07) is 4.79. The van der Waals surface area contributed by atoms with Gasteiger partial charge in [0.1, 0.15) is 5.82 Å². The van der Waals surface area contributed by atoms with Crippen LogP contribution < -0.4 is 10.3 Å². The molecule has 0 saturated carbocycles. The third-order valence-electron chi connectivity index (χ3n) is 2.83. The smallest absolute Gasteiger partial charge is 0.364 e. The highest BCUT2D eigenvalue weighted by Crippen LogP contribution is 2.27. The van der Waals surface area contributed by atoms with E-state index in [1.165, 1.54) is 0 Å². The van der Waals surface area contributed by atoms with Crippen molar-refractivity contribution in [2.45, 2.75) is 19.9 Å². The Labute approximate surface area is 129 Å². The molecule has 2 aromatic rings. The Balaban J connectivity index is 2.33. The molecule has 1 heterocycles. The Hall–Kier alpha value is -3.10. The van der Waals surface area contributed by atoms with Crippen molar-refractivity contribution < 1.29 is 18.8 Å². The number of nitro benzene ring substituents is 1. The highest BCUT2D eigenvalue weighted by molar-refractivity contribution is 5.89. The van der Waals surface area contributed by atoms with Crippen LogP contribution >= 0.6 is 0 Å². The quantitative estimate of drug-likeness (QED) is 0.360. The van der Waals surface area contributed by atoms with E-state index < -0.39 is 28.1 Å². The molecule has 120 valence electrons. The maximum Gasteiger partial charge on any atom is 0.364 e. The van der Waals surface area contributed by atoms with Gasteiger partial charge in [0.05, 0.1) is 4.92 Å². The monoisotopic (exact) mass is 321 g/mol. The third kappa shape index (κ3) is 3.76. The Bertz CT molecular complexity index is 818. The van der Waals surface area contributed by atoms with Crippen LogP contribution in [-0.4, -0.2) is 20.7 Å². The van der Waals surface area contributed by atoms with Crippen LogP contribution in [0.2, 0.25) is 0 Å². The van der Waals surface area contributed by atoms with Crippen LogP contribution in [0.1, 0.15) is 23.8 Å². The van der Waals surface area contributed by atoms with Gasteiger partial charge in [-0.05, 0) is 18.6 Å². The lowest BCUT2D eigenvalue weighted by Gasteiger charge is -2.07. The van der Waals surface area contributed by atoms with Gasteiger partial charge in [-0.1, -0.05) is 6.92 Å². The van der Waals surface area contributed by atoms with E-state index in [-0.39, 0.29) is 11.3 Å². The van der Waals surface area contributed by atoms with Gasteiger partial charge in [0, 0.05) is 24.7 Å². The van der Waals surface area contributed by atoms with Gasteiger partial charge in [-0.2, -0.15) is 5.10 Å². The number of carbonyl (C=O) groups is 1. The van der Waals surface area contributed by atoms with Crippen molar-refractivity contribution in [3.05, 3.63) is 62.3 Å². The first-order valence-corrected chi connectivity index (χ1v) is 6.66. The molecule has 0 aliphatic heterocycles. The predicted octanol–water partition coefficient (Wildman–Crippen LogP) is 1.92. The highest BCUT2D eigenvalue weighted by atomic mass is 19.1. The molecular formula is C14H12FN3O5. The van der Waals surface area contributed by atoms with Gasteiger partial charge >= 0.3 is 11.7 Å². The van der Waals surface area contributed by atoms with Crippen molar-refractivity contribution in [1.29, 1.82) is 0 Å². The number of hydrogen-bond donors (Lipinski definition) is 0. The fraction of sp³-hybridized carbons (Fsp3) is 0.214. The first-order valence-electron chi connectivity index (χ1n) is 6.66. The van der Waals surface area contributed by atoms with Gasteiger partial charge in [-0.3, -0.25) is 14.9 Å². The minimum Gasteiger partial charge on any atom is -0.414 e. The number of halogens is 1. The van der Waals surface area contributed by atoms with Gasteiger partial charge in [0.15, 0.2) is 5.69 Å². The number of benzene rings is 1. The number of esters is 1. The molecule has 0 unspecified atom stereocenters. The van der Waals surface area contributed by atoms with Crippen molar-refractivity contribution >= 4 is 11.7 Å². The normalized spacial score (nSPS) is 10.3. The number of aryl methyl sites for hydroxylation is 1. The number of ether oxygens (including phenoxy) is 1. The number of carbonyl (C=O) groups excluding carboxylic acids is 1. The second-order valence-corrected chi connectivity index (χ2v) is 4.54. The molecule has 2 rings (SSSR count). The fourth-order valence-corrected chi connectivity index (χ4v) is 1.80. The van der Waals surface area contributed by atoms with Crippen molar-refractivity contribution in [2.24, 2.45) is 0 Å². The molecule has 1 aromatic heterocycles. The molecule has 0 saturated heterocycles. The van der Waals surface area contributed by atoms with Crippen molar-refractivity contribution in [3.8, 4) is 5.75 Å². The molecule has 0 N–H and O–H groups in total. The summed E-state index contributed by atoms with van der Waals surface area (Å²) in [5, 5.41) is 14.7. The van der Waals surface area contributed by atoms with E-state index in [2.05, 4.69) is 5.10 Å². The summed E-state index contributed by atoms with van der Waals surface area (Å²) in [5.74, 6) is -2.35. The zero-order valence-electron chi connectivity index (χ0n) is 12.1. The molecule has 0 bridgehead atoms. The summed E-state index contributed by atoms with van der Waals surface area (Å²) in [4.78, 5) is 33.6. The van der Waals surface area contributed by atoms with Crippen molar-refractivity contribution in [2.75, 3.05) is 0 Å². The zero-order valence-corrected chi connectivity index (χ0v) is 12.1. The van der Waals surface area contributed by atoms with Crippen LogP contribution in [-0.2, 0) is 6.54 Å². The molecule has 0 spiro atoms. The minimum atomic E-state index is -1.02. The van der Waals surface area contributed by atoms with Crippen LogP contribution in [0.15, 0.2) is 35.1 Å². The fourth-order valence-electron chi connectivity index (χ4n) is 1.80. The molecule has 0 fully saturated rings. The van der Waals surface area contributed by atoms with Crippen LogP contribution in [0.25, 0.3) is 0 Å². The molecule has 0 atom stereocenters. The largest absolute Gasteiger partial charge is 0.414 e. The van der Waals surface area contributed by atoms with Crippen LogP contribution in [0, 0.1) is 15.9 Å². The van der Waals surface area contributed by atoms with Gasteiger partial charge in [-0.15, -0.1) is 0 Å². The van der Waals surface area contributed by atoms with Gasteiger partial charge in [-0.25, -0.2) is 13.9 Å². The second-order valence-electron chi connectivity index (χ2n) is 4.54. The summed E-state index contributed by atoms with van der Waals surface area (Å²) >= 11 is 0. The maximum absolute atomic E-state index is 13.2. The molecule has 8 nitrogen and oxygen atoms in total. The first kappa shape index (κ1) is 16.3. The summed E-state index contributed by atoms with van der Waals surface area (Å²) in [6.45, 7) is 2.13. The van der Waals surface area contributed by atoms with E-state index in [0.717, 1.165) is 35.0 Å². The average molecular weight is 321 g/mol. The summed E-state index contributed by atoms with van der Waals surface area (Å²) in [5.41, 5.74) is -1.15. The van der Waals surface area contributed by atoms with E-state index >= 15 is 0 Å². The van der Waals surface area contributed by atoms with E-state index in [1.54, 1.807) is 0 Å². The lowest BCUT2D eigenvalue weighted by atomic mass is 10.3. The van der Waals surface area contributed by atoms with Crippen molar-refractivity contribution in [1.82, 2.24) is 9.78 Å². The maximum atomic E-state index is 13.2. The zero-order chi connectivity index (χ0) is 17.0. The molecule has 1 aromatic carbocycles. The minimum absolute atomic E-state index is 0.211. The van der Waals surface area contributed by atoms with E-state index in [1.807, 2.05) is 6.92 Å². The van der Waals surface area contributed by atoms with Crippen LogP contribution in [0.4, 0.5) is 10.1 Å². The molecule has 0 aliphatic rings. The summed E-state index contributed by atoms with van der Waals surface area (Å²) in [6.07, 6.45) is 0.626. The van der Waals surface area contributed by atoms with Gasteiger partial charge in [0.2, 0.25) is 5.75 Å². The number of rotatable bonds is 5. The van der Waals surface area contributed by atoms with Gasteiger partial charge < -0.3 is 4.74 Å². The lowest BCUT2D eigenvalue weighted by molar-refractivity contribution is -0.385. The number of nitro groups is 1. The topological polar surface area (TPSA) is 104 Å². The second kappa shape index (κ2) is 6.77. The Kier molecular flexibility index (Phi) is 4.79. The van der Waals surface area contributed by atoms with Crippen molar-refractivity contribution in [3.63, 3.8) is 0 Å². The summed E-state index contributed by atoms with van der Waals surface area (Å²) in [7, 11) is 0. The number of aromatic nitrogens is 2. The molecule has 0 amide bonds. The van der Waals surface area contributed by atoms with E-state index in [4.69, 9.17) is 4.74 Å². The van der Waals surface area contributed by atoms with Gasteiger partial charge in [0.25, 0.3) is 5.56 Å². The first-order chi connectivity index (χ1) is 10.9. The molecule has 23 heavy (non-hydrogen) atoms. The number of hydrogen-bond acceptors (Lipinski definition) is 6. The SMILES string of the molecule is CCCn1nc(C(=O)Oc2cc(F)ccc2[N+](=O)[O-])ccc1=O. The molecule has 0 aliphatic carbocycles.